The van der Waals surface area contributed by atoms with Crippen molar-refractivity contribution in [1.29, 1.82) is 0 Å². The van der Waals surface area contributed by atoms with Gasteiger partial charge in [0, 0.05) is 42.7 Å². The minimum atomic E-state index is -2.49. The van der Waals surface area contributed by atoms with E-state index in [-0.39, 0.29) is 42.7 Å². The molecule has 0 radical (unpaired) electrons. The Hall–Kier alpha value is 3.52. The highest BCUT2D eigenvalue weighted by atomic mass is 32.9. The van der Waals surface area contributed by atoms with Crippen molar-refractivity contribution in [3.05, 3.63) is 0 Å². The molecule has 0 spiro atoms. The smallest absolute Gasteiger partial charge is 0.247 e. The van der Waals surface area contributed by atoms with Crippen molar-refractivity contribution >= 4 is 116 Å². The van der Waals surface area contributed by atoms with Gasteiger partial charge in [-0.15, -0.1) is 0 Å². The number of rotatable bonds is 24. The van der Waals surface area contributed by atoms with E-state index in [1.165, 1.54) is 0 Å². The summed E-state index contributed by atoms with van der Waals surface area (Å²) >= 11 is 29.7. The zero-order valence-electron chi connectivity index (χ0n) is 38.1. The molecule has 0 aliphatic carbocycles. The first-order chi connectivity index (χ1) is 28.1. The van der Waals surface area contributed by atoms with E-state index >= 15 is 0 Å². The summed E-state index contributed by atoms with van der Waals surface area (Å²) in [4.78, 5) is 0. The Balaban J connectivity index is 1.45. The van der Waals surface area contributed by atoms with Crippen molar-refractivity contribution in [3.63, 3.8) is 0 Å². The molecule has 0 aromatic heterocycles. The number of hydrogen-bond acceptors (Lipinski definition) is 20. The fraction of sp³-hybridized carbons (Fsp3) is 1.00. The van der Waals surface area contributed by atoms with Gasteiger partial charge in [-0.3, -0.25) is 0 Å². The molecule has 4 unspecified atom stereocenters. The van der Waals surface area contributed by atoms with Gasteiger partial charge in [-0.25, -0.2) is 0 Å². The Morgan fingerprint density at radius 1 is 0.393 bits per heavy atom. The third kappa shape index (κ3) is 20.8. The van der Waals surface area contributed by atoms with Gasteiger partial charge in [0.15, 0.2) is 0 Å². The zero-order chi connectivity index (χ0) is 45.4. The predicted octanol–water partition coefficient (Wildman–Crippen LogP) is 11.7. The Morgan fingerprint density at radius 2 is 0.557 bits per heavy atom. The summed E-state index contributed by atoms with van der Waals surface area (Å²) in [7, 11) is 0. The topological polar surface area (TPSA) is 111 Å². The van der Waals surface area contributed by atoms with Gasteiger partial charge in [-0.2, -0.15) is 0 Å². The molecule has 4 aliphatic rings. The van der Waals surface area contributed by atoms with Crippen molar-refractivity contribution in [2.45, 2.75) is 104 Å². The monoisotopic (exact) mass is 1090 g/mol. The van der Waals surface area contributed by atoms with Crippen LogP contribution in [0.1, 0.15) is 83.1 Å². The second-order valence-corrected chi connectivity index (χ2v) is 46.4. The molecule has 4 heterocycles. The lowest BCUT2D eigenvalue weighted by atomic mass is 9.92. The largest absolute Gasteiger partial charge is 0.379 e. The first-order valence-corrected chi connectivity index (χ1v) is 37.2. The van der Waals surface area contributed by atoms with Gasteiger partial charge in [0.2, 0.25) is 22.8 Å². The van der Waals surface area contributed by atoms with E-state index in [0.717, 1.165) is 0 Å². The molecule has 4 aliphatic heterocycles. The van der Waals surface area contributed by atoms with Crippen LogP contribution in [0.15, 0.2) is 0 Å². The molecule has 4 saturated heterocycles. The van der Waals surface area contributed by atoms with Crippen molar-refractivity contribution < 1.29 is 55.1 Å². The van der Waals surface area contributed by atoms with Crippen LogP contribution in [0.4, 0.5) is 0 Å². The summed E-state index contributed by atoms with van der Waals surface area (Å²) in [6.07, 6.45) is 0. The second kappa shape index (κ2) is 24.1. The lowest BCUT2D eigenvalue weighted by Crippen LogP contribution is -2.43. The highest BCUT2D eigenvalue weighted by Gasteiger charge is 2.40. The van der Waals surface area contributed by atoms with Gasteiger partial charge >= 0.3 is 0 Å². The minimum absolute atomic E-state index is 0.0183. The van der Waals surface area contributed by atoms with E-state index in [0.29, 0.717) is 106 Å². The molecular weight excluding hydrogens is 1020 g/mol. The molecule has 24 heteroatoms. The summed E-state index contributed by atoms with van der Waals surface area (Å²) in [6.45, 7) is 32.8. The van der Waals surface area contributed by atoms with Crippen LogP contribution in [0.5, 0.6) is 0 Å². The standard InChI is InChI=1S/C37H72O12P4S8/c1-29(58-50(54)42-17-33(5,6)18-43-50)13-38-25-37(26-39-14-30(2)59-51(55)44-19-34(7,8)20-45-51,27-40-15-31(3)60-52(56)46-21-35(9,10)22-47-52)28-41-16-32(4)61-53(57)48-23-36(11,12)24-49-53/h29-32H,13-28H2,1-12H3. The average Bonchev–Trinajstić information content (AvgIpc) is 3.14. The summed E-state index contributed by atoms with van der Waals surface area (Å²) in [6, 6.07) is 0. The van der Waals surface area contributed by atoms with E-state index in [1.54, 1.807) is 45.5 Å². The molecular formula is C37H72O12P4S8. The Morgan fingerprint density at radius 3 is 0.721 bits per heavy atom. The van der Waals surface area contributed by atoms with Gasteiger partial charge in [0.25, 0.3) is 0 Å². The fourth-order valence-corrected chi connectivity index (χ4v) is 28.1. The molecule has 0 amide bonds. The van der Waals surface area contributed by atoms with Crippen LogP contribution in [-0.2, 0) is 102 Å². The molecule has 61 heavy (non-hydrogen) atoms. The van der Waals surface area contributed by atoms with Gasteiger partial charge in [0.05, 0.1) is 111 Å². The maximum atomic E-state index is 6.56. The van der Waals surface area contributed by atoms with E-state index in [2.05, 4.69) is 83.1 Å². The van der Waals surface area contributed by atoms with Crippen LogP contribution in [0.3, 0.4) is 0 Å². The highest BCUT2D eigenvalue weighted by Crippen LogP contribution is 2.68. The quantitative estimate of drug-likeness (QED) is 0.0854. The van der Waals surface area contributed by atoms with Crippen molar-refractivity contribution in [2.24, 2.45) is 27.1 Å². The van der Waals surface area contributed by atoms with Crippen LogP contribution < -0.4 is 0 Å². The van der Waals surface area contributed by atoms with Gasteiger partial charge in [-0.05, 0) is 47.2 Å². The van der Waals surface area contributed by atoms with Crippen LogP contribution >= 0.6 is 68.3 Å². The van der Waals surface area contributed by atoms with Crippen LogP contribution in [0.25, 0.3) is 0 Å². The van der Waals surface area contributed by atoms with Crippen molar-refractivity contribution in [1.82, 2.24) is 0 Å². The van der Waals surface area contributed by atoms with Crippen molar-refractivity contribution in [2.75, 3.05) is 106 Å². The lowest BCUT2D eigenvalue weighted by Gasteiger charge is -2.38. The molecule has 12 nitrogen and oxygen atoms in total. The predicted molar refractivity (Wildman–Crippen MR) is 274 cm³/mol. The fourth-order valence-electron chi connectivity index (χ4n) is 5.61. The molecule has 0 aromatic carbocycles. The Bertz CT molecular complexity index is 1320. The average molecular weight is 1090 g/mol. The third-order valence-corrected chi connectivity index (χ3v) is 31.3. The lowest BCUT2D eigenvalue weighted by molar-refractivity contribution is -0.105. The molecule has 360 valence electrons. The van der Waals surface area contributed by atoms with Crippen LogP contribution in [0.2, 0.25) is 0 Å². The maximum Gasteiger partial charge on any atom is 0.247 e. The summed E-state index contributed by atoms with van der Waals surface area (Å²) in [5.41, 5.74) is -10.9. The van der Waals surface area contributed by atoms with E-state index in [4.69, 9.17) is 102 Å². The summed E-state index contributed by atoms with van der Waals surface area (Å²) in [5, 5.41) is 0.0734. The van der Waals surface area contributed by atoms with Gasteiger partial charge in [-0.1, -0.05) is 129 Å². The molecule has 0 N–H and O–H groups in total. The molecule has 0 aromatic rings. The van der Waals surface area contributed by atoms with Gasteiger partial charge < -0.3 is 55.1 Å². The summed E-state index contributed by atoms with van der Waals surface area (Å²) in [5.74, 6) is 0. The number of ether oxygens (including phenoxy) is 4. The molecule has 0 saturated carbocycles. The van der Waals surface area contributed by atoms with E-state index < -0.39 is 28.2 Å². The molecule has 4 atom stereocenters. The van der Waals surface area contributed by atoms with E-state index in [1.807, 2.05) is 0 Å². The molecule has 4 fully saturated rings. The maximum absolute atomic E-state index is 6.56. The molecule has 0 bridgehead atoms. The normalized spacial score (nSPS) is 27.9. The third-order valence-electron chi connectivity index (χ3n) is 9.19. The second-order valence-electron chi connectivity index (χ2n) is 19.9. The first kappa shape index (κ1) is 57.1. The van der Waals surface area contributed by atoms with Gasteiger partial charge in [0.1, 0.15) is 0 Å². The summed E-state index contributed by atoms with van der Waals surface area (Å²) < 4.78 is 75.2. The minimum Gasteiger partial charge on any atom is -0.379 e. The SMILES string of the molecule is CC(COCC(COCC(C)SP1(=S)OCC(C)(C)CO1)(COCC(C)SP1(=S)OCC(C)(C)CO1)COCC(C)SP1(=S)OCC(C)(C)CO1)SP1(=S)OCC(C)(C)CO1. The van der Waals surface area contributed by atoms with E-state index in [9.17, 15) is 0 Å². The van der Waals surface area contributed by atoms with Crippen LogP contribution in [-0.4, -0.2) is 127 Å². The Kier molecular flexibility index (Phi) is 22.6. The van der Waals surface area contributed by atoms with Crippen molar-refractivity contribution in [3.8, 4) is 0 Å². The molecule has 4 rings (SSSR count). The zero-order valence-corrected chi connectivity index (χ0v) is 48.2. The Labute approximate surface area is 404 Å². The van der Waals surface area contributed by atoms with Crippen LogP contribution in [0, 0.1) is 27.1 Å². The number of hydrogen-bond donors (Lipinski definition) is 0. The first-order valence-electron chi connectivity index (χ1n) is 20.7. The highest BCUT2D eigenvalue weighted by molar-refractivity contribution is 8.69.